The molecule has 1 aromatic heterocycles. The molecule has 2 nitrogen and oxygen atoms in total. The van der Waals surface area contributed by atoms with Gasteiger partial charge in [0.15, 0.2) is 0 Å². The molecule has 20 heavy (non-hydrogen) atoms. The van der Waals surface area contributed by atoms with Gasteiger partial charge in [0.05, 0.1) is 0 Å². The minimum absolute atomic E-state index is 0.408. The molecule has 0 radical (unpaired) electrons. The van der Waals surface area contributed by atoms with Gasteiger partial charge in [-0.2, -0.15) is 0 Å². The molecule has 1 aromatic carbocycles. The van der Waals surface area contributed by atoms with E-state index in [2.05, 4.69) is 64.3 Å². The van der Waals surface area contributed by atoms with Crippen LogP contribution in [0.25, 0.3) is 0 Å². The monoisotopic (exact) mass is 332 g/mol. The fourth-order valence-electron chi connectivity index (χ4n) is 2.27. The van der Waals surface area contributed by atoms with Crippen LogP contribution in [0.15, 0.2) is 41.0 Å². The summed E-state index contributed by atoms with van der Waals surface area (Å²) in [5.41, 5.74) is 5.21. The molecule has 0 spiro atoms. The van der Waals surface area contributed by atoms with Crippen LogP contribution in [-0.4, -0.2) is 18.1 Å². The molecule has 0 aliphatic heterocycles. The van der Waals surface area contributed by atoms with Gasteiger partial charge in [0.25, 0.3) is 0 Å². The van der Waals surface area contributed by atoms with Gasteiger partial charge in [-0.1, -0.05) is 18.2 Å². The Bertz CT molecular complexity index is 564. The molecule has 1 unspecified atom stereocenters. The summed E-state index contributed by atoms with van der Waals surface area (Å²) in [4.78, 5) is 4.45. The third-order valence-electron chi connectivity index (χ3n) is 3.71. The zero-order valence-corrected chi connectivity index (χ0v) is 13.9. The Morgan fingerprint density at radius 2 is 1.90 bits per heavy atom. The summed E-state index contributed by atoms with van der Waals surface area (Å²) in [5.74, 6) is 0. The van der Waals surface area contributed by atoms with Gasteiger partial charge in [0.1, 0.15) is 0 Å². The summed E-state index contributed by atoms with van der Waals surface area (Å²) in [6.07, 6.45) is 3.82. The topological polar surface area (TPSA) is 24.9 Å². The maximum absolute atomic E-state index is 4.45. The second-order valence-corrected chi connectivity index (χ2v) is 6.20. The highest BCUT2D eigenvalue weighted by Crippen LogP contribution is 2.14. The lowest BCUT2D eigenvalue weighted by Crippen LogP contribution is -2.30. The normalized spacial score (nSPS) is 12.4. The fourth-order valence-corrected chi connectivity index (χ4v) is 2.51. The maximum Gasteiger partial charge on any atom is 0.0420 e. The van der Waals surface area contributed by atoms with Gasteiger partial charge < -0.3 is 5.32 Å². The Balaban J connectivity index is 2.04. The van der Waals surface area contributed by atoms with Crippen molar-refractivity contribution >= 4 is 15.9 Å². The van der Waals surface area contributed by atoms with Gasteiger partial charge in [-0.3, -0.25) is 4.98 Å². The van der Waals surface area contributed by atoms with E-state index in [1.807, 2.05) is 19.3 Å². The average molecular weight is 333 g/mol. The minimum Gasteiger partial charge on any atom is -0.316 e. The lowest BCUT2D eigenvalue weighted by Gasteiger charge is -2.16. The highest BCUT2D eigenvalue weighted by Gasteiger charge is 2.10. The van der Waals surface area contributed by atoms with E-state index in [0.717, 1.165) is 23.0 Å². The third-order valence-corrected chi connectivity index (χ3v) is 4.17. The Morgan fingerprint density at radius 3 is 2.50 bits per heavy atom. The van der Waals surface area contributed by atoms with E-state index < -0.39 is 0 Å². The van der Waals surface area contributed by atoms with Crippen molar-refractivity contribution in [2.45, 2.75) is 32.7 Å². The summed E-state index contributed by atoms with van der Waals surface area (Å²) in [6, 6.07) is 11.2. The molecule has 0 bridgehead atoms. The largest absolute Gasteiger partial charge is 0.316 e. The van der Waals surface area contributed by atoms with Crippen LogP contribution < -0.4 is 5.32 Å². The predicted molar refractivity (Wildman–Crippen MR) is 88.1 cm³/mol. The van der Waals surface area contributed by atoms with Crippen molar-refractivity contribution in [2.75, 3.05) is 7.05 Å². The smallest absolute Gasteiger partial charge is 0.0420 e. The Morgan fingerprint density at radius 1 is 1.10 bits per heavy atom. The number of nitrogens with one attached hydrogen (secondary N) is 1. The van der Waals surface area contributed by atoms with Crippen LogP contribution in [0.2, 0.25) is 0 Å². The number of aryl methyl sites for hydroxylation is 2. The van der Waals surface area contributed by atoms with Gasteiger partial charge in [0.2, 0.25) is 0 Å². The summed E-state index contributed by atoms with van der Waals surface area (Å²) in [6.45, 7) is 4.32. The molecule has 0 fully saturated rings. The van der Waals surface area contributed by atoms with Crippen molar-refractivity contribution in [1.29, 1.82) is 0 Å². The first-order chi connectivity index (χ1) is 9.58. The summed E-state index contributed by atoms with van der Waals surface area (Å²) in [5, 5.41) is 3.40. The molecule has 0 amide bonds. The third kappa shape index (κ3) is 4.15. The molecule has 1 atom stereocenters. The molecule has 3 heteroatoms. The van der Waals surface area contributed by atoms with Crippen molar-refractivity contribution in [3.63, 3.8) is 0 Å². The molecule has 0 saturated heterocycles. The number of hydrogen-bond donors (Lipinski definition) is 1. The molecule has 1 N–H and O–H groups in total. The Hall–Kier alpha value is -1.19. The number of aromatic nitrogens is 1. The molecule has 0 aliphatic carbocycles. The van der Waals surface area contributed by atoms with Gasteiger partial charge >= 0.3 is 0 Å². The average Bonchev–Trinajstić information content (AvgIpc) is 2.44. The van der Waals surface area contributed by atoms with Gasteiger partial charge in [-0.25, -0.2) is 0 Å². The molecule has 0 aliphatic rings. The number of benzene rings is 1. The van der Waals surface area contributed by atoms with Crippen LogP contribution in [0.4, 0.5) is 0 Å². The number of likely N-dealkylation sites (N-methyl/N-ethyl adjacent to an activating group) is 1. The second-order valence-electron chi connectivity index (χ2n) is 5.28. The SMILES string of the molecule is CNC(Cc1ccc(C)c(C)c1)Cc1ccc(Br)cn1. The van der Waals surface area contributed by atoms with Crippen LogP contribution in [0.5, 0.6) is 0 Å². The molecule has 1 heterocycles. The number of hydrogen-bond acceptors (Lipinski definition) is 2. The van der Waals surface area contributed by atoms with Crippen molar-refractivity contribution in [3.8, 4) is 0 Å². The number of halogens is 1. The molecule has 0 saturated carbocycles. The van der Waals surface area contributed by atoms with Gasteiger partial charge in [0, 0.05) is 28.8 Å². The zero-order valence-electron chi connectivity index (χ0n) is 12.3. The first-order valence-electron chi connectivity index (χ1n) is 6.92. The van der Waals surface area contributed by atoms with E-state index >= 15 is 0 Å². The van der Waals surface area contributed by atoms with Crippen LogP contribution in [0.3, 0.4) is 0 Å². The van der Waals surface area contributed by atoms with Crippen molar-refractivity contribution in [1.82, 2.24) is 10.3 Å². The highest BCUT2D eigenvalue weighted by molar-refractivity contribution is 9.10. The van der Waals surface area contributed by atoms with E-state index in [4.69, 9.17) is 0 Å². The Labute approximate surface area is 129 Å². The maximum atomic E-state index is 4.45. The van der Waals surface area contributed by atoms with Crippen LogP contribution in [0.1, 0.15) is 22.4 Å². The summed E-state index contributed by atoms with van der Waals surface area (Å²) >= 11 is 3.42. The molecular formula is C17H21BrN2. The highest BCUT2D eigenvalue weighted by atomic mass is 79.9. The van der Waals surface area contributed by atoms with E-state index in [9.17, 15) is 0 Å². The lowest BCUT2D eigenvalue weighted by atomic mass is 9.98. The zero-order chi connectivity index (χ0) is 14.5. The molecule has 106 valence electrons. The fraction of sp³-hybridized carbons (Fsp3) is 0.353. The standard InChI is InChI=1S/C17H21BrN2/c1-12-4-5-14(8-13(12)2)9-17(19-3)10-16-7-6-15(18)11-20-16/h4-8,11,17,19H,9-10H2,1-3H3. The summed E-state index contributed by atoms with van der Waals surface area (Å²) in [7, 11) is 2.02. The predicted octanol–water partition coefficient (Wildman–Crippen LogP) is 3.83. The number of pyridine rings is 1. The van der Waals surface area contributed by atoms with E-state index in [-0.39, 0.29) is 0 Å². The van der Waals surface area contributed by atoms with E-state index in [0.29, 0.717) is 6.04 Å². The lowest BCUT2D eigenvalue weighted by molar-refractivity contribution is 0.550. The van der Waals surface area contributed by atoms with Crippen LogP contribution in [-0.2, 0) is 12.8 Å². The molecular weight excluding hydrogens is 312 g/mol. The minimum atomic E-state index is 0.408. The summed E-state index contributed by atoms with van der Waals surface area (Å²) < 4.78 is 1.02. The second kappa shape index (κ2) is 7.00. The quantitative estimate of drug-likeness (QED) is 0.899. The Kier molecular flexibility index (Phi) is 5.32. The number of nitrogens with zero attached hydrogens (tertiary/aromatic N) is 1. The van der Waals surface area contributed by atoms with Gasteiger partial charge in [-0.05, 0) is 72.1 Å². The van der Waals surface area contributed by atoms with Crippen LogP contribution >= 0.6 is 15.9 Å². The molecule has 2 rings (SSSR count). The van der Waals surface area contributed by atoms with E-state index in [1.165, 1.54) is 16.7 Å². The van der Waals surface area contributed by atoms with Crippen molar-refractivity contribution in [2.24, 2.45) is 0 Å². The van der Waals surface area contributed by atoms with Crippen LogP contribution in [0, 0.1) is 13.8 Å². The van der Waals surface area contributed by atoms with Crippen molar-refractivity contribution in [3.05, 3.63) is 63.4 Å². The molecule has 2 aromatic rings. The van der Waals surface area contributed by atoms with Gasteiger partial charge in [-0.15, -0.1) is 0 Å². The van der Waals surface area contributed by atoms with Crippen molar-refractivity contribution < 1.29 is 0 Å². The first kappa shape index (κ1) is 15.2. The number of rotatable bonds is 5. The van der Waals surface area contributed by atoms with E-state index in [1.54, 1.807) is 0 Å². The first-order valence-corrected chi connectivity index (χ1v) is 7.71.